The molecule has 0 heterocycles. The molecule has 1 amide bonds. The molecule has 0 radical (unpaired) electrons. The summed E-state index contributed by atoms with van der Waals surface area (Å²) in [5.41, 5.74) is 2.50. The lowest BCUT2D eigenvalue weighted by Crippen LogP contribution is -2.07. The molecule has 0 aliphatic heterocycles. The third-order valence-electron chi connectivity index (χ3n) is 1.64. The molecule has 0 fully saturated rings. The molecule has 0 bridgehead atoms. The number of carbonyl (C=O) groups excluding carboxylic acids is 1. The Morgan fingerprint density at radius 3 is 2.77 bits per heavy atom. The Bertz CT molecular complexity index is 374. The van der Waals surface area contributed by atoms with Crippen LogP contribution in [-0.4, -0.2) is 5.91 Å². The van der Waals surface area contributed by atoms with Gasteiger partial charge < -0.3 is 5.32 Å². The smallest absolute Gasteiger partial charge is 0.221 e. The maximum Gasteiger partial charge on any atom is 0.221 e. The molecule has 1 aromatic rings. The summed E-state index contributed by atoms with van der Waals surface area (Å²) in [6.45, 7) is 3.42. The fourth-order valence-electron chi connectivity index (χ4n) is 1.08. The minimum absolute atomic E-state index is 0.111. The number of amides is 1. The van der Waals surface area contributed by atoms with Gasteiger partial charge in [0, 0.05) is 12.5 Å². The van der Waals surface area contributed by atoms with E-state index in [9.17, 15) is 4.79 Å². The van der Waals surface area contributed by atoms with Crippen molar-refractivity contribution in [2.45, 2.75) is 13.8 Å². The first-order chi connectivity index (χ1) is 6.13. The van der Waals surface area contributed by atoms with Gasteiger partial charge in [-0.3, -0.25) is 4.79 Å². The van der Waals surface area contributed by atoms with Crippen LogP contribution in [-0.2, 0) is 4.79 Å². The van der Waals surface area contributed by atoms with E-state index in [0.717, 1.165) is 11.1 Å². The Labute approximate surface area is 78.0 Å². The van der Waals surface area contributed by atoms with Gasteiger partial charge in [-0.15, -0.1) is 6.42 Å². The van der Waals surface area contributed by atoms with Gasteiger partial charge in [-0.2, -0.15) is 0 Å². The number of benzene rings is 1. The highest BCUT2D eigenvalue weighted by molar-refractivity contribution is 5.90. The third-order valence-corrected chi connectivity index (χ3v) is 1.64. The van der Waals surface area contributed by atoms with E-state index in [1.54, 1.807) is 0 Å². The third kappa shape index (κ3) is 2.34. The largest absolute Gasteiger partial charge is 0.325 e. The molecule has 2 nitrogen and oxygen atoms in total. The Balaban J connectivity index is 3.08. The van der Waals surface area contributed by atoms with Gasteiger partial charge in [-0.05, 0) is 24.6 Å². The Morgan fingerprint density at radius 1 is 1.54 bits per heavy atom. The van der Waals surface area contributed by atoms with Crippen molar-refractivity contribution in [2.24, 2.45) is 0 Å². The standard InChI is InChI=1S/C11H11NO/c1-4-10-7-8(2)5-6-11(10)12-9(3)13/h1,5-7H,2-3H3,(H,12,13). The molecule has 0 aliphatic rings. The monoisotopic (exact) mass is 173 g/mol. The molecule has 0 spiro atoms. The summed E-state index contributed by atoms with van der Waals surface area (Å²) >= 11 is 0. The molecular weight excluding hydrogens is 162 g/mol. The summed E-state index contributed by atoms with van der Waals surface area (Å²) in [5.74, 6) is 2.42. The SMILES string of the molecule is C#Cc1cc(C)ccc1NC(C)=O. The average molecular weight is 173 g/mol. The molecule has 0 aromatic heterocycles. The predicted molar refractivity (Wildman–Crippen MR) is 53.4 cm³/mol. The lowest BCUT2D eigenvalue weighted by atomic mass is 10.1. The fourth-order valence-corrected chi connectivity index (χ4v) is 1.08. The van der Waals surface area contributed by atoms with Gasteiger partial charge in [0.2, 0.25) is 5.91 Å². The van der Waals surface area contributed by atoms with Crippen LogP contribution in [0.25, 0.3) is 0 Å². The van der Waals surface area contributed by atoms with Crippen LogP contribution in [0.3, 0.4) is 0 Å². The van der Waals surface area contributed by atoms with Crippen LogP contribution in [0.15, 0.2) is 18.2 Å². The minimum atomic E-state index is -0.111. The highest BCUT2D eigenvalue weighted by atomic mass is 16.1. The second-order valence-electron chi connectivity index (χ2n) is 2.87. The lowest BCUT2D eigenvalue weighted by Gasteiger charge is -2.05. The van der Waals surface area contributed by atoms with E-state index in [1.807, 2.05) is 25.1 Å². The predicted octanol–water partition coefficient (Wildman–Crippen LogP) is 1.93. The Morgan fingerprint density at radius 2 is 2.23 bits per heavy atom. The number of nitrogens with one attached hydrogen (secondary N) is 1. The minimum Gasteiger partial charge on any atom is -0.325 e. The van der Waals surface area contributed by atoms with Crippen LogP contribution in [0.1, 0.15) is 18.1 Å². The molecule has 1 rings (SSSR count). The van der Waals surface area contributed by atoms with Gasteiger partial charge >= 0.3 is 0 Å². The van der Waals surface area contributed by atoms with Crippen molar-refractivity contribution >= 4 is 11.6 Å². The lowest BCUT2D eigenvalue weighted by molar-refractivity contribution is -0.114. The first kappa shape index (κ1) is 9.34. The van der Waals surface area contributed by atoms with E-state index < -0.39 is 0 Å². The summed E-state index contributed by atoms with van der Waals surface area (Å²) in [4.78, 5) is 10.8. The molecule has 0 atom stereocenters. The van der Waals surface area contributed by atoms with Gasteiger partial charge in [-0.1, -0.05) is 12.0 Å². The van der Waals surface area contributed by atoms with Crippen molar-refractivity contribution < 1.29 is 4.79 Å². The zero-order chi connectivity index (χ0) is 9.84. The van der Waals surface area contributed by atoms with Crippen LogP contribution in [0, 0.1) is 19.3 Å². The fraction of sp³-hybridized carbons (Fsp3) is 0.182. The summed E-state index contributed by atoms with van der Waals surface area (Å²) in [5, 5.41) is 2.67. The number of rotatable bonds is 1. The molecule has 1 aromatic carbocycles. The van der Waals surface area contributed by atoms with E-state index in [1.165, 1.54) is 6.92 Å². The van der Waals surface area contributed by atoms with E-state index in [0.29, 0.717) is 5.69 Å². The maximum atomic E-state index is 10.8. The quantitative estimate of drug-likeness (QED) is 0.646. The normalized spacial score (nSPS) is 9.00. The first-order valence-electron chi connectivity index (χ1n) is 3.98. The van der Waals surface area contributed by atoms with E-state index in [4.69, 9.17) is 6.42 Å². The van der Waals surface area contributed by atoms with Crippen molar-refractivity contribution in [3.63, 3.8) is 0 Å². The van der Waals surface area contributed by atoms with Gasteiger partial charge in [0.25, 0.3) is 0 Å². The van der Waals surface area contributed by atoms with Crippen LogP contribution in [0.5, 0.6) is 0 Å². The van der Waals surface area contributed by atoms with Crippen molar-refractivity contribution in [3.05, 3.63) is 29.3 Å². The Kier molecular flexibility index (Phi) is 2.71. The molecule has 0 unspecified atom stereocenters. The van der Waals surface area contributed by atoms with E-state index in [2.05, 4.69) is 11.2 Å². The van der Waals surface area contributed by atoms with E-state index >= 15 is 0 Å². The van der Waals surface area contributed by atoms with Crippen molar-refractivity contribution in [1.29, 1.82) is 0 Å². The molecule has 0 saturated heterocycles. The number of anilines is 1. The zero-order valence-corrected chi connectivity index (χ0v) is 7.72. The van der Waals surface area contributed by atoms with Crippen LogP contribution in [0.4, 0.5) is 5.69 Å². The van der Waals surface area contributed by atoms with Crippen LogP contribution < -0.4 is 5.32 Å². The van der Waals surface area contributed by atoms with Crippen LogP contribution in [0.2, 0.25) is 0 Å². The molecular formula is C11H11NO. The topological polar surface area (TPSA) is 29.1 Å². The summed E-state index contributed by atoms with van der Waals surface area (Å²) in [6.07, 6.45) is 5.29. The van der Waals surface area contributed by atoms with Gasteiger partial charge in [0.05, 0.1) is 5.69 Å². The van der Waals surface area contributed by atoms with Gasteiger partial charge in [0.1, 0.15) is 0 Å². The molecule has 13 heavy (non-hydrogen) atoms. The maximum absolute atomic E-state index is 10.8. The second-order valence-corrected chi connectivity index (χ2v) is 2.87. The van der Waals surface area contributed by atoms with Gasteiger partial charge in [0.15, 0.2) is 0 Å². The molecule has 0 aliphatic carbocycles. The number of hydrogen-bond acceptors (Lipinski definition) is 1. The van der Waals surface area contributed by atoms with Gasteiger partial charge in [-0.25, -0.2) is 0 Å². The number of terminal acetylenes is 1. The number of carbonyl (C=O) groups is 1. The molecule has 66 valence electrons. The number of aryl methyl sites for hydroxylation is 1. The molecule has 0 saturated carbocycles. The van der Waals surface area contributed by atoms with Crippen molar-refractivity contribution in [2.75, 3.05) is 5.32 Å². The second kappa shape index (κ2) is 3.77. The highest BCUT2D eigenvalue weighted by Crippen LogP contribution is 2.15. The highest BCUT2D eigenvalue weighted by Gasteiger charge is 2.00. The number of hydrogen-bond donors (Lipinski definition) is 1. The zero-order valence-electron chi connectivity index (χ0n) is 7.72. The summed E-state index contributed by atoms with van der Waals surface area (Å²) < 4.78 is 0. The average Bonchev–Trinajstić information content (AvgIpc) is 2.07. The summed E-state index contributed by atoms with van der Waals surface area (Å²) in [6, 6.07) is 5.59. The van der Waals surface area contributed by atoms with E-state index in [-0.39, 0.29) is 5.91 Å². The molecule has 2 heteroatoms. The van der Waals surface area contributed by atoms with Crippen LogP contribution >= 0.6 is 0 Å². The van der Waals surface area contributed by atoms with Crippen molar-refractivity contribution in [3.8, 4) is 12.3 Å². The van der Waals surface area contributed by atoms with Crippen molar-refractivity contribution in [1.82, 2.24) is 0 Å². The Hall–Kier alpha value is -1.75. The molecule has 1 N–H and O–H groups in total. The first-order valence-corrected chi connectivity index (χ1v) is 3.98. The summed E-state index contributed by atoms with van der Waals surface area (Å²) in [7, 11) is 0.